The fourth-order valence-corrected chi connectivity index (χ4v) is 3.24. The standard InChI is InChI=1S/C14H14N2O3/c17-14(9-5-10-2-3-11(6-9)18-10)8-1-4-12-13(7-8)16-19-15-12/h1,4,7,9-11H,2-3,5-6H2. The van der Waals surface area contributed by atoms with Crippen LogP contribution in [0.3, 0.4) is 0 Å². The van der Waals surface area contributed by atoms with Crippen LogP contribution in [0.4, 0.5) is 0 Å². The van der Waals surface area contributed by atoms with Crippen molar-refractivity contribution in [3.63, 3.8) is 0 Å². The third kappa shape index (κ3) is 1.85. The number of carbonyl (C=O) groups is 1. The Morgan fingerprint density at radius 3 is 2.63 bits per heavy atom. The third-order valence-corrected chi connectivity index (χ3v) is 4.20. The van der Waals surface area contributed by atoms with Crippen molar-refractivity contribution in [1.29, 1.82) is 0 Å². The normalized spacial score (nSPS) is 29.8. The Hall–Kier alpha value is -1.75. The molecular formula is C14H14N2O3. The van der Waals surface area contributed by atoms with Crippen LogP contribution in [-0.4, -0.2) is 28.3 Å². The molecule has 0 N–H and O–H groups in total. The van der Waals surface area contributed by atoms with Crippen molar-refractivity contribution >= 4 is 16.8 Å². The summed E-state index contributed by atoms with van der Waals surface area (Å²) in [5, 5.41) is 7.53. The number of rotatable bonds is 2. The number of Topliss-reactive ketones (excluding diaryl/α,β-unsaturated/α-hetero) is 1. The van der Waals surface area contributed by atoms with Gasteiger partial charge in [0, 0.05) is 11.5 Å². The summed E-state index contributed by atoms with van der Waals surface area (Å²) in [5.41, 5.74) is 2.03. The lowest BCUT2D eigenvalue weighted by Gasteiger charge is -2.27. The minimum absolute atomic E-state index is 0.0866. The first-order valence-corrected chi connectivity index (χ1v) is 6.71. The van der Waals surface area contributed by atoms with Crippen LogP contribution in [-0.2, 0) is 4.74 Å². The zero-order valence-corrected chi connectivity index (χ0v) is 10.4. The van der Waals surface area contributed by atoms with E-state index in [0.717, 1.165) is 25.7 Å². The molecule has 2 bridgehead atoms. The zero-order valence-electron chi connectivity index (χ0n) is 10.4. The number of ketones is 1. The molecule has 0 spiro atoms. The number of nitrogens with zero attached hydrogens (tertiary/aromatic N) is 2. The van der Waals surface area contributed by atoms with Gasteiger partial charge in [0.25, 0.3) is 0 Å². The van der Waals surface area contributed by atoms with E-state index in [1.54, 1.807) is 12.1 Å². The second-order valence-electron chi connectivity index (χ2n) is 5.46. The molecule has 1 aromatic carbocycles. The van der Waals surface area contributed by atoms with E-state index in [9.17, 15) is 4.79 Å². The predicted molar refractivity (Wildman–Crippen MR) is 66.8 cm³/mol. The maximum absolute atomic E-state index is 12.5. The van der Waals surface area contributed by atoms with Crippen LogP contribution in [0, 0.1) is 5.92 Å². The van der Waals surface area contributed by atoms with Gasteiger partial charge in [-0.05, 0) is 54.2 Å². The molecule has 2 fully saturated rings. The summed E-state index contributed by atoms with van der Waals surface area (Å²) in [6.45, 7) is 0. The van der Waals surface area contributed by atoms with Crippen molar-refractivity contribution in [1.82, 2.24) is 10.3 Å². The van der Waals surface area contributed by atoms with E-state index < -0.39 is 0 Å². The van der Waals surface area contributed by atoms with Gasteiger partial charge >= 0.3 is 0 Å². The summed E-state index contributed by atoms with van der Waals surface area (Å²) in [7, 11) is 0. The van der Waals surface area contributed by atoms with Gasteiger partial charge in [-0.2, -0.15) is 0 Å². The zero-order chi connectivity index (χ0) is 12.8. The van der Waals surface area contributed by atoms with E-state index >= 15 is 0 Å². The Kier molecular flexibility index (Phi) is 2.41. The van der Waals surface area contributed by atoms with E-state index in [2.05, 4.69) is 14.9 Å². The number of fused-ring (bicyclic) bond motifs is 3. The Bertz CT molecular complexity index is 624. The highest BCUT2D eigenvalue weighted by Gasteiger charge is 2.38. The maximum Gasteiger partial charge on any atom is 0.166 e. The van der Waals surface area contributed by atoms with Crippen LogP contribution < -0.4 is 0 Å². The van der Waals surface area contributed by atoms with Gasteiger partial charge in [-0.15, -0.1) is 0 Å². The van der Waals surface area contributed by atoms with Crippen LogP contribution in [0.25, 0.3) is 11.0 Å². The third-order valence-electron chi connectivity index (χ3n) is 4.20. The molecular weight excluding hydrogens is 244 g/mol. The highest BCUT2D eigenvalue weighted by atomic mass is 16.6. The molecule has 98 valence electrons. The van der Waals surface area contributed by atoms with Crippen molar-refractivity contribution in [2.75, 3.05) is 0 Å². The maximum atomic E-state index is 12.5. The Labute approximate surface area is 109 Å². The van der Waals surface area contributed by atoms with Gasteiger partial charge in [0.05, 0.1) is 12.2 Å². The Morgan fingerprint density at radius 1 is 1.11 bits per heavy atom. The molecule has 1 aromatic heterocycles. The molecule has 5 nitrogen and oxygen atoms in total. The number of ether oxygens (including phenoxy) is 1. The molecule has 2 saturated heterocycles. The molecule has 2 atom stereocenters. The second kappa shape index (κ2) is 4.13. The topological polar surface area (TPSA) is 65.2 Å². The van der Waals surface area contributed by atoms with E-state index in [1.165, 1.54) is 0 Å². The predicted octanol–water partition coefficient (Wildman–Crippen LogP) is 2.36. The average molecular weight is 258 g/mol. The summed E-state index contributed by atoms with van der Waals surface area (Å²) in [6.07, 6.45) is 4.46. The Balaban J connectivity index is 1.62. The summed E-state index contributed by atoms with van der Waals surface area (Å²) < 4.78 is 10.4. The van der Waals surface area contributed by atoms with Crippen LogP contribution in [0.2, 0.25) is 0 Å². The van der Waals surface area contributed by atoms with E-state index in [0.29, 0.717) is 16.6 Å². The van der Waals surface area contributed by atoms with Gasteiger partial charge in [-0.3, -0.25) is 4.79 Å². The van der Waals surface area contributed by atoms with Crippen molar-refractivity contribution in [3.05, 3.63) is 23.8 Å². The summed E-state index contributed by atoms with van der Waals surface area (Å²) in [5.74, 6) is 0.286. The van der Waals surface area contributed by atoms with Crippen LogP contribution >= 0.6 is 0 Å². The van der Waals surface area contributed by atoms with Crippen LogP contribution in [0.5, 0.6) is 0 Å². The highest BCUT2D eigenvalue weighted by Crippen LogP contribution is 2.37. The van der Waals surface area contributed by atoms with Crippen molar-refractivity contribution in [2.45, 2.75) is 37.9 Å². The van der Waals surface area contributed by atoms with Crippen LogP contribution in [0.15, 0.2) is 22.8 Å². The summed E-state index contributed by atoms with van der Waals surface area (Å²) in [6, 6.07) is 5.37. The lowest BCUT2D eigenvalue weighted by atomic mass is 9.88. The van der Waals surface area contributed by atoms with Crippen molar-refractivity contribution in [2.24, 2.45) is 5.92 Å². The lowest BCUT2D eigenvalue weighted by molar-refractivity contribution is -0.0149. The first-order chi connectivity index (χ1) is 9.29. The molecule has 3 heterocycles. The summed E-state index contributed by atoms with van der Waals surface area (Å²) >= 11 is 0. The van der Waals surface area contributed by atoms with Gasteiger partial charge in [0.1, 0.15) is 11.0 Å². The largest absolute Gasteiger partial charge is 0.375 e. The number of hydrogen-bond acceptors (Lipinski definition) is 5. The molecule has 2 aromatic rings. The number of benzene rings is 1. The van der Waals surface area contributed by atoms with Gasteiger partial charge in [-0.1, -0.05) is 0 Å². The van der Waals surface area contributed by atoms with Gasteiger partial charge in [-0.25, -0.2) is 4.63 Å². The first-order valence-electron chi connectivity index (χ1n) is 6.71. The molecule has 0 amide bonds. The van der Waals surface area contributed by atoms with Gasteiger partial charge in [0.2, 0.25) is 0 Å². The monoisotopic (exact) mass is 258 g/mol. The van der Waals surface area contributed by atoms with Crippen LogP contribution in [0.1, 0.15) is 36.0 Å². The second-order valence-corrected chi connectivity index (χ2v) is 5.46. The molecule has 4 rings (SSSR count). The van der Waals surface area contributed by atoms with Gasteiger partial charge < -0.3 is 4.74 Å². The minimum Gasteiger partial charge on any atom is -0.375 e. The minimum atomic E-state index is 0.0866. The SMILES string of the molecule is O=C(c1ccc2nonc2c1)C1CC2CCC(C1)O2. The van der Waals surface area contributed by atoms with Crippen molar-refractivity contribution < 1.29 is 14.2 Å². The molecule has 2 aliphatic rings. The fraction of sp³-hybridized carbons (Fsp3) is 0.500. The lowest BCUT2D eigenvalue weighted by Crippen LogP contribution is -2.30. The number of carbonyl (C=O) groups excluding carboxylic acids is 1. The average Bonchev–Trinajstić information content (AvgIpc) is 3.03. The fourth-order valence-electron chi connectivity index (χ4n) is 3.24. The Morgan fingerprint density at radius 2 is 1.84 bits per heavy atom. The highest BCUT2D eigenvalue weighted by molar-refractivity contribution is 6.00. The molecule has 0 saturated carbocycles. The smallest absolute Gasteiger partial charge is 0.166 e. The number of hydrogen-bond donors (Lipinski definition) is 0. The quantitative estimate of drug-likeness (QED) is 0.774. The van der Waals surface area contributed by atoms with Crippen molar-refractivity contribution in [3.8, 4) is 0 Å². The summed E-state index contributed by atoms with van der Waals surface area (Å²) in [4.78, 5) is 12.5. The first kappa shape index (κ1) is 11.1. The van der Waals surface area contributed by atoms with E-state index in [-0.39, 0.29) is 23.9 Å². The van der Waals surface area contributed by atoms with E-state index in [1.807, 2.05) is 6.07 Å². The van der Waals surface area contributed by atoms with E-state index in [4.69, 9.17) is 4.74 Å². The molecule has 0 aliphatic carbocycles. The van der Waals surface area contributed by atoms with Gasteiger partial charge in [0.15, 0.2) is 5.78 Å². The molecule has 2 unspecified atom stereocenters. The molecule has 19 heavy (non-hydrogen) atoms. The number of aromatic nitrogens is 2. The molecule has 0 radical (unpaired) electrons. The molecule has 5 heteroatoms. The molecule has 2 aliphatic heterocycles.